The van der Waals surface area contributed by atoms with Crippen molar-refractivity contribution in [2.75, 3.05) is 28.6 Å². The largest absolute Gasteiger partial charge is 0.390 e. The van der Waals surface area contributed by atoms with Crippen LogP contribution in [0.25, 0.3) is 5.65 Å². The summed E-state index contributed by atoms with van der Waals surface area (Å²) in [7, 11) is 0. The first kappa shape index (κ1) is 24.7. The molecule has 0 amide bonds. The molecule has 12 heteroatoms. The summed E-state index contributed by atoms with van der Waals surface area (Å²) in [6.45, 7) is 5.15. The quantitative estimate of drug-likeness (QED) is 0.332. The highest BCUT2D eigenvalue weighted by molar-refractivity contribution is 6.32. The van der Waals surface area contributed by atoms with Gasteiger partial charge in [-0.1, -0.05) is 11.6 Å². The summed E-state index contributed by atoms with van der Waals surface area (Å²) < 4.78 is 1.67. The van der Waals surface area contributed by atoms with Gasteiger partial charge in [0.1, 0.15) is 16.9 Å². The molecule has 11 nitrogen and oxygen atoms in total. The van der Waals surface area contributed by atoms with Crippen molar-refractivity contribution in [3.05, 3.63) is 59.3 Å². The highest BCUT2D eigenvalue weighted by Crippen LogP contribution is 2.26. The number of pyridine rings is 1. The summed E-state index contributed by atoms with van der Waals surface area (Å²) in [6.07, 6.45) is 8.84. The number of imidazole rings is 1. The van der Waals surface area contributed by atoms with Gasteiger partial charge in [0.15, 0.2) is 11.5 Å². The summed E-state index contributed by atoms with van der Waals surface area (Å²) in [5, 5.41) is 30.5. The van der Waals surface area contributed by atoms with E-state index in [4.69, 9.17) is 16.9 Å². The number of hydrogen-bond acceptors (Lipinski definition) is 10. The zero-order valence-electron chi connectivity index (χ0n) is 20.6. The molecule has 0 saturated carbocycles. The minimum Gasteiger partial charge on any atom is -0.390 e. The molecule has 5 rings (SSSR count). The topological polar surface area (TPSA) is 140 Å². The van der Waals surface area contributed by atoms with E-state index in [1.807, 2.05) is 12.1 Å². The Labute approximate surface area is 219 Å². The van der Waals surface area contributed by atoms with E-state index in [-0.39, 0.29) is 6.04 Å². The first-order valence-corrected chi connectivity index (χ1v) is 12.4. The zero-order chi connectivity index (χ0) is 26.0. The average molecular weight is 519 g/mol. The number of nitrogens with zero attached hydrogens (tertiary/aromatic N) is 8. The molecule has 0 spiro atoms. The molecule has 0 unspecified atom stereocenters. The fourth-order valence-electron chi connectivity index (χ4n) is 4.27. The number of hydrogen-bond donors (Lipinski definition) is 3. The van der Waals surface area contributed by atoms with Crippen LogP contribution < -0.4 is 15.5 Å². The Bertz CT molecular complexity index is 1430. The molecular formula is C25H27ClN10O. The molecule has 3 N–H and O–H groups in total. The monoisotopic (exact) mass is 518 g/mol. The maximum absolute atomic E-state index is 10.1. The number of nitrogens with one attached hydrogen (secondary N) is 2. The Morgan fingerprint density at radius 2 is 1.97 bits per heavy atom. The van der Waals surface area contributed by atoms with E-state index in [1.165, 1.54) is 0 Å². The second kappa shape index (κ2) is 10.2. The number of anilines is 4. The van der Waals surface area contributed by atoms with Crippen molar-refractivity contribution in [2.24, 2.45) is 0 Å². The van der Waals surface area contributed by atoms with Gasteiger partial charge in [-0.25, -0.2) is 19.5 Å². The molecule has 0 aliphatic carbocycles. The SMILES string of the molecule is CC(C)(O)Cc1cn2ncc(Nc3ncc(Cl)c(NC4CCN(c5ccc(C#N)cn5)CC4)n3)cc2n1. The summed E-state index contributed by atoms with van der Waals surface area (Å²) in [4.78, 5) is 20.0. The maximum atomic E-state index is 10.1. The van der Waals surface area contributed by atoms with Crippen LogP contribution in [0.3, 0.4) is 0 Å². The van der Waals surface area contributed by atoms with E-state index in [0.29, 0.717) is 40.1 Å². The Morgan fingerprint density at radius 1 is 1.16 bits per heavy atom. The molecular weight excluding hydrogens is 492 g/mol. The van der Waals surface area contributed by atoms with Gasteiger partial charge >= 0.3 is 0 Å². The van der Waals surface area contributed by atoms with Crippen LogP contribution >= 0.6 is 11.6 Å². The zero-order valence-corrected chi connectivity index (χ0v) is 21.3. The molecule has 1 aliphatic rings. The lowest BCUT2D eigenvalue weighted by atomic mass is 10.0. The molecule has 5 heterocycles. The van der Waals surface area contributed by atoms with Gasteiger partial charge in [-0.15, -0.1) is 0 Å². The Balaban J connectivity index is 1.22. The molecule has 1 aliphatic heterocycles. The van der Waals surface area contributed by atoms with Crippen LogP contribution in [0, 0.1) is 11.3 Å². The van der Waals surface area contributed by atoms with Crippen molar-refractivity contribution in [1.29, 1.82) is 5.26 Å². The van der Waals surface area contributed by atoms with E-state index in [1.54, 1.807) is 49.2 Å². The van der Waals surface area contributed by atoms with E-state index in [0.717, 1.165) is 37.4 Å². The van der Waals surface area contributed by atoms with Crippen LogP contribution in [0.5, 0.6) is 0 Å². The van der Waals surface area contributed by atoms with Crippen LogP contribution in [0.4, 0.5) is 23.3 Å². The number of piperidine rings is 1. The Kier molecular flexibility index (Phi) is 6.78. The third-order valence-corrected chi connectivity index (χ3v) is 6.30. The van der Waals surface area contributed by atoms with Crippen LogP contribution in [-0.2, 0) is 6.42 Å². The van der Waals surface area contributed by atoms with Crippen molar-refractivity contribution >= 4 is 40.5 Å². The van der Waals surface area contributed by atoms with E-state index >= 15 is 0 Å². The van der Waals surface area contributed by atoms with Crippen LogP contribution in [0.15, 0.2) is 43.0 Å². The molecule has 1 saturated heterocycles. The minimum absolute atomic E-state index is 0.201. The highest BCUT2D eigenvalue weighted by atomic mass is 35.5. The van der Waals surface area contributed by atoms with Gasteiger partial charge in [0.25, 0.3) is 0 Å². The second-order valence-electron chi connectivity index (χ2n) is 9.71. The summed E-state index contributed by atoms with van der Waals surface area (Å²) in [5.41, 5.74) is 1.80. The van der Waals surface area contributed by atoms with E-state index in [2.05, 4.69) is 46.6 Å². The fourth-order valence-corrected chi connectivity index (χ4v) is 4.41. The lowest BCUT2D eigenvalue weighted by Gasteiger charge is -2.33. The lowest BCUT2D eigenvalue weighted by molar-refractivity contribution is 0.0801. The van der Waals surface area contributed by atoms with Gasteiger partial charge in [-0.05, 0) is 38.8 Å². The molecule has 190 valence electrons. The minimum atomic E-state index is -0.850. The predicted molar refractivity (Wildman–Crippen MR) is 141 cm³/mol. The molecule has 37 heavy (non-hydrogen) atoms. The van der Waals surface area contributed by atoms with Crippen LogP contribution in [0.1, 0.15) is 37.9 Å². The number of rotatable bonds is 7. The number of aliphatic hydroxyl groups is 1. The third kappa shape index (κ3) is 6.04. The Morgan fingerprint density at radius 3 is 2.68 bits per heavy atom. The third-order valence-electron chi connectivity index (χ3n) is 6.02. The molecule has 0 aromatic carbocycles. The fraction of sp³-hybridized carbons (Fsp3) is 0.360. The molecule has 0 bridgehead atoms. The summed E-state index contributed by atoms with van der Waals surface area (Å²) in [5.74, 6) is 1.83. The normalized spacial score (nSPS) is 14.5. The number of nitriles is 1. The van der Waals surface area contributed by atoms with Gasteiger partial charge in [-0.3, -0.25) is 0 Å². The van der Waals surface area contributed by atoms with Crippen molar-refractivity contribution in [1.82, 2.24) is 29.5 Å². The van der Waals surface area contributed by atoms with Gasteiger partial charge in [0.05, 0.1) is 41.1 Å². The molecule has 0 radical (unpaired) electrons. The van der Waals surface area contributed by atoms with Crippen molar-refractivity contribution in [3.63, 3.8) is 0 Å². The summed E-state index contributed by atoms with van der Waals surface area (Å²) >= 11 is 6.40. The van der Waals surface area contributed by atoms with E-state index < -0.39 is 5.60 Å². The van der Waals surface area contributed by atoms with Gasteiger partial charge in [0, 0.05) is 37.8 Å². The number of aromatic nitrogens is 6. The van der Waals surface area contributed by atoms with Crippen LogP contribution in [-0.4, -0.2) is 59.4 Å². The summed E-state index contributed by atoms with van der Waals surface area (Å²) in [6, 6.07) is 7.82. The van der Waals surface area contributed by atoms with Gasteiger partial charge in [-0.2, -0.15) is 15.3 Å². The molecule has 4 aromatic heterocycles. The molecule has 0 atom stereocenters. The smallest absolute Gasteiger partial charge is 0.229 e. The van der Waals surface area contributed by atoms with Crippen molar-refractivity contribution in [3.8, 4) is 6.07 Å². The average Bonchev–Trinajstić information content (AvgIpc) is 3.26. The highest BCUT2D eigenvalue weighted by Gasteiger charge is 2.22. The number of fused-ring (bicyclic) bond motifs is 1. The number of halogens is 1. The van der Waals surface area contributed by atoms with Gasteiger partial charge in [0.2, 0.25) is 5.95 Å². The van der Waals surface area contributed by atoms with Gasteiger partial charge < -0.3 is 20.6 Å². The predicted octanol–water partition coefficient (Wildman–Crippen LogP) is 3.58. The maximum Gasteiger partial charge on any atom is 0.229 e. The lowest BCUT2D eigenvalue weighted by Crippen LogP contribution is -2.39. The second-order valence-corrected chi connectivity index (χ2v) is 10.1. The molecule has 1 fully saturated rings. The van der Waals surface area contributed by atoms with Crippen LogP contribution in [0.2, 0.25) is 5.02 Å². The van der Waals surface area contributed by atoms with Crippen molar-refractivity contribution < 1.29 is 5.11 Å². The first-order chi connectivity index (χ1) is 17.8. The van der Waals surface area contributed by atoms with Crippen molar-refractivity contribution in [2.45, 2.75) is 44.8 Å². The standard InChI is InChI=1S/C25H27ClN10O/c1-25(2,37)10-19-15-36-22(31-19)9-18(13-30-36)33-24-29-14-20(26)23(34-24)32-17-5-7-35(8-6-17)21-4-3-16(11-27)12-28-21/h3-4,9,12-15,17,37H,5-8,10H2,1-2H3,(H2,29,32,33,34). The molecule has 4 aromatic rings. The van der Waals surface area contributed by atoms with E-state index in [9.17, 15) is 5.11 Å². The Hall–Kier alpha value is -4.01. The first-order valence-electron chi connectivity index (χ1n) is 12.0.